The molecule has 4 heterocycles. The van der Waals surface area contributed by atoms with E-state index < -0.39 is 249 Å². The highest BCUT2D eigenvalue weighted by molar-refractivity contribution is 5.98. The number of hydrogen-bond acceptors (Lipinski definition) is 25. The fraction of sp³-hybridized carbons (Fsp3) is 0.759. The molecule has 0 saturated carbocycles. The number of amides is 5. The molecule has 91 heavy (non-hydrogen) atoms. The van der Waals surface area contributed by atoms with Crippen LogP contribution in [0.2, 0.25) is 0 Å². The number of carboxylic acids is 2. The Balaban J connectivity index is 1.39. The van der Waals surface area contributed by atoms with Crippen molar-refractivity contribution in [3.63, 3.8) is 0 Å². The van der Waals surface area contributed by atoms with Gasteiger partial charge in [-0.1, -0.05) is 34.6 Å². The minimum atomic E-state index is -2.73. The number of aliphatic hydroxyl groups is 8. The van der Waals surface area contributed by atoms with E-state index in [1.807, 2.05) is 0 Å². The average Bonchev–Trinajstić information content (AvgIpc) is 1.28. The normalized spacial score (nSPS) is 27.1. The van der Waals surface area contributed by atoms with Crippen LogP contribution in [0, 0.1) is 35.5 Å². The first-order valence-corrected chi connectivity index (χ1v) is 30.3. The number of aliphatic carboxylic acids is 2. The number of Topliss-reactive ketones (excluding diaryl/α,β-unsaturated/α-hetero) is 4. The van der Waals surface area contributed by atoms with Gasteiger partial charge in [0, 0.05) is 74.7 Å². The lowest BCUT2D eigenvalue weighted by atomic mass is 9.84. The number of ether oxygens (including phenoxy) is 4. The number of aromatic nitrogens is 2. The highest BCUT2D eigenvalue weighted by Crippen LogP contribution is 2.38. The number of nitrogens with two attached hydrogens (primary N) is 1. The molecule has 5 unspecified atom stereocenters. The minimum absolute atomic E-state index is 0.0265. The molecule has 1 aromatic rings. The molecule has 17 N–H and O–H groups in total. The molecule has 0 aromatic carbocycles. The maximum atomic E-state index is 14.1. The van der Waals surface area contributed by atoms with Crippen molar-refractivity contribution in [3.05, 3.63) is 18.2 Å². The van der Waals surface area contributed by atoms with Crippen molar-refractivity contribution in [1.29, 1.82) is 0 Å². The number of imidazole rings is 1. The average molecular weight is 1300 g/mol. The Morgan fingerprint density at radius 1 is 0.813 bits per heavy atom. The number of nitrogens with one attached hydrogen (secondary N) is 5. The molecule has 0 bridgehead atoms. The zero-order valence-corrected chi connectivity index (χ0v) is 52.2. The van der Waals surface area contributed by atoms with E-state index in [4.69, 9.17) is 24.7 Å². The van der Waals surface area contributed by atoms with Crippen molar-refractivity contribution in [2.75, 3.05) is 32.9 Å². The summed E-state index contributed by atoms with van der Waals surface area (Å²) in [6, 6.07) is -6.87. The number of aromatic amines is 1. The Kier molecular flexibility index (Phi) is 29.7. The van der Waals surface area contributed by atoms with Crippen LogP contribution in [0.15, 0.2) is 12.5 Å². The molecule has 0 aliphatic carbocycles. The smallest absolute Gasteiger partial charge is 0.364 e. The maximum absolute atomic E-state index is 14.1. The van der Waals surface area contributed by atoms with Gasteiger partial charge in [-0.05, 0) is 39.5 Å². The lowest BCUT2D eigenvalue weighted by Gasteiger charge is -2.47. The molecule has 33 heteroatoms. The molecule has 3 fully saturated rings. The molecule has 5 amide bonds. The molecule has 514 valence electrons. The predicted octanol–water partition coefficient (Wildman–Crippen LogP) is -5.14. The van der Waals surface area contributed by atoms with E-state index in [2.05, 4.69) is 31.2 Å². The molecule has 0 radical (unpaired) electrons. The highest BCUT2D eigenvalue weighted by Gasteiger charge is 2.56. The third-order valence-corrected chi connectivity index (χ3v) is 16.9. The standard InChI is InChI=1S/C58H92N8O25/c1-9-38(71)46(30(8)89-56-27(5)47(78)49(80)43(90-56)23-88-58(57(86)87)18-41(74)26(4)50(91-58)48(79)42(75)22-68)65-51(81)31(15-44(76)77)13-39(72)37-11-10-12-66(37)55(85)28(6)63-52(82)32(21-67)14-40(73)45(29(7)69)64-53(83)35(25(2)3)17-34(70)20-61-54(84)36(59)16-33-19-60-24-62-33/h19,24-32,35-37,41-43,45-50,56,67-69,74-75,78-80H,9-18,20-23,59H2,1-8H3,(H,60,62)(H,61,84)(H,63,82)(H,64,83)(H,65,81)(H,76,77)(H,86,87)/t26-,27?,28+,29?,30?,31+,32+,35+,36+,37+,41-,42-,43?,45+,46+,47-,48-,49+,50?,56+,58-/m1/s1. The number of carboxylic acid groups (broad SMARTS) is 2. The summed E-state index contributed by atoms with van der Waals surface area (Å²) in [5.74, 6) is -20.0. The van der Waals surface area contributed by atoms with E-state index in [-0.39, 0.29) is 38.6 Å². The summed E-state index contributed by atoms with van der Waals surface area (Å²) >= 11 is 0. The summed E-state index contributed by atoms with van der Waals surface area (Å²) in [7, 11) is 0. The number of hydrogen-bond donors (Lipinski definition) is 16. The van der Waals surface area contributed by atoms with Gasteiger partial charge in [0.2, 0.25) is 29.5 Å². The van der Waals surface area contributed by atoms with Gasteiger partial charge >= 0.3 is 11.9 Å². The highest BCUT2D eigenvalue weighted by atomic mass is 16.7. The molecule has 21 atom stereocenters. The Labute approximate surface area is 524 Å². The van der Waals surface area contributed by atoms with E-state index in [0.29, 0.717) is 5.69 Å². The van der Waals surface area contributed by atoms with E-state index in [1.54, 1.807) is 13.8 Å². The van der Waals surface area contributed by atoms with Crippen LogP contribution in [-0.4, -0.2) is 261 Å². The van der Waals surface area contributed by atoms with Gasteiger partial charge in [-0.3, -0.25) is 47.9 Å². The van der Waals surface area contributed by atoms with Crippen molar-refractivity contribution in [2.24, 2.45) is 41.2 Å². The molecule has 3 saturated heterocycles. The number of likely N-dealkylation sites (tertiary alicyclic amines) is 1. The first-order chi connectivity index (χ1) is 42.6. The topological polar surface area (TPSA) is 533 Å². The van der Waals surface area contributed by atoms with Crippen molar-refractivity contribution in [3.8, 4) is 0 Å². The van der Waals surface area contributed by atoms with Gasteiger partial charge < -0.3 is 107 Å². The molecule has 0 spiro atoms. The third-order valence-electron chi connectivity index (χ3n) is 16.9. The first kappa shape index (κ1) is 77.1. The fourth-order valence-electron chi connectivity index (χ4n) is 11.1. The van der Waals surface area contributed by atoms with Gasteiger partial charge in [-0.15, -0.1) is 0 Å². The monoisotopic (exact) mass is 1300 g/mol. The van der Waals surface area contributed by atoms with Gasteiger partial charge in [0.05, 0.1) is 93.6 Å². The van der Waals surface area contributed by atoms with Crippen LogP contribution in [0.4, 0.5) is 0 Å². The summed E-state index contributed by atoms with van der Waals surface area (Å²) in [6.45, 7) is 8.02. The van der Waals surface area contributed by atoms with Crippen LogP contribution in [0.1, 0.15) is 112 Å². The molecule has 1 aromatic heterocycles. The summed E-state index contributed by atoms with van der Waals surface area (Å²) in [4.78, 5) is 155. The molecule has 33 nitrogen and oxygen atoms in total. The minimum Gasteiger partial charge on any atom is -0.481 e. The van der Waals surface area contributed by atoms with E-state index in [0.717, 1.165) is 4.90 Å². The SMILES string of the molecule is CCC(=O)[C@@H](NC(=O)[C@H](CC(=O)O)CC(=O)[C@@H]1CCCN1C(=O)[C@H](C)NC(=O)[C@H](CO)CC(=O)[C@@H](NC(=O)[C@@H](CC(=O)CNC(=O)[C@@H](N)Cc1cnc[nH]1)C(C)C)C(C)O)C(C)O[C@H]1OC(CO[C@]2(C(=O)O)C[C@@H](O)[C@@H](C)C([C@H](O)[C@H](O)CO)O2)[C@H](O)[C@H](O)C1C. The maximum Gasteiger partial charge on any atom is 0.364 e. The van der Waals surface area contributed by atoms with Crippen LogP contribution < -0.4 is 27.0 Å². The van der Waals surface area contributed by atoms with E-state index >= 15 is 0 Å². The van der Waals surface area contributed by atoms with Gasteiger partial charge in [-0.2, -0.15) is 0 Å². The van der Waals surface area contributed by atoms with Gasteiger partial charge in [0.25, 0.3) is 5.79 Å². The first-order valence-electron chi connectivity index (χ1n) is 30.3. The Bertz CT molecular complexity index is 2670. The number of H-pyrrole nitrogens is 1. The Morgan fingerprint density at radius 3 is 2.03 bits per heavy atom. The number of nitrogens with zero attached hydrogens (tertiary/aromatic N) is 2. The Hall–Kier alpha value is -6.34. The third kappa shape index (κ3) is 20.8. The number of carbonyl (C=O) groups excluding carboxylic acids is 9. The number of ketones is 4. The van der Waals surface area contributed by atoms with Crippen molar-refractivity contribution in [1.82, 2.24) is 36.1 Å². The second-order valence-corrected chi connectivity index (χ2v) is 24.2. The predicted molar refractivity (Wildman–Crippen MR) is 310 cm³/mol. The summed E-state index contributed by atoms with van der Waals surface area (Å²) < 4.78 is 23.3. The zero-order chi connectivity index (χ0) is 68.5. The van der Waals surface area contributed by atoms with Crippen LogP contribution in [-0.2, 0) is 78.1 Å². The fourth-order valence-corrected chi connectivity index (χ4v) is 11.1. The molecule has 3 aliphatic rings. The second kappa shape index (κ2) is 35.1. The van der Waals surface area contributed by atoms with Gasteiger partial charge in [-0.25, -0.2) is 9.78 Å². The van der Waals surface area contributed by atoms with Crippen LogP contribution in [0.25, 0.3) is 0 Å². The largest absolute Gasteiger partial charge is 0.481 e. The summed E-state index contributed by atoms with van der Waals surface area (Å²) in [5, 5.41) is 114. The van der Waals surface area contributed by atoms with Crippen molar-refractivity contribution >= 4 is 64.6 Å². The molecule has 3 aliphatic heterocycles. The van der Waals surface area contributed by atoms with Gasteiger partial charge in [0.15, 0.2) is 29.4 Å². The van der Waals surface area contributed by atoms with E-state index in [1.165, 1.54) is 54.1 Å². The lowest BCUT2D eigenvalue weighted by Crippen LogP contribution is -2.63. The van der Waals surface area contributed by atoms with Crippen molar-refractivity contribution < 1.29 is 123 Å². The lowest BCUT2D eigenvalue weighted by molar-refractivity contribution is -0.340. The number of aliphatic hydroxyl groups excluding tert-OH is 8. The number of rotatable bonds is 37. The quantitative estimate of drug-likeness (QED) is 0.0296. The van der Waals surface area contributed by atoms with Gasteiger partial charge in [0.1, 0.15) is 42.5 Å². The van der Waals surface area contributed by atoms with Crippen LogP contribution in [0.3, 0.4) is 0 Å². The number of carbonyl (C=O) groups is 11. The van der Waals surface area contributed by atoms with Crippen molar-refractivity contribution in [2.45, 2.75) is 210 Å². The molecular weight excluding hydrogens is 1210 g/mol. The Morgan fingerprint density at radius 2 is 1.46 bits per heavy atom. The van der Waals surface area contributed by atoms with Crippen LogP contribution in [0.5, 0.6) is 0 Å². The second-order valence-electron chi connectivity index (χ2n) is 24.2. The summed E-state index contributed by atoms with van der Waals surface area (Å²) in [5.41, 5.74) is 6.53. The zero-order valence-electron chi connectivity index (χ0n) is 52.2. The molecule has 4 rings (SSSR count). The van der Waals surface area contributed by atoms with Crippen LogP contribution >= 0.6 is 0 Å². The summed E-state index contributed by atoms with van der Waals surface area (Å²) in [6.07, 6.45) is -16.8. The van der Waals surface area contributed by atoms with E-state index in [9.17, 15) is 104 Å². The molecular formula is C58H92N8O25.